The molecule has 21 heavy (non-hydrogen) atoms. The summed E-state index contributed by atoms with van der Waals surface area (Å²) in [6.07, 6.45) is 0.317. The van der Waals surface area contributed by atoms with E-state index < -0.39 is 11.5 Å². The van der Waals surface area contributed by atoms with Crippen molar-refractivity contribution in [3.63, 3.8) is 0 Å². The zero-order valence-corrected chi connectivity index (χ0v) is 12.0. The highest BCUT2D eigenvalue weighted by Gasteiger charge is 2.41. The van der Waals surface area contributed by atoms with E-state index in [1.807, 2.05) is 19.1 Å². The van der Waals surface area contributed by atoms with Crippen molar-refractivity contribution in [1.82, 2.24) is 0 Å². The molecule has 1 aromatic rings. The molecule has 1 amide bonds. The van der Waals surface area contributed by atoms with E-state index in [1.165, 1.54) is 4.90 Å². The Morgan fingerprint density at radius 3 is 2.57 bits per heavy atom. The molecule has 1 unspecified atom stereocenters. The second kappa shape index (κ2) is 6.24. The van der Waals surface area contributed by atoms with E-state index in [1.54, 1.807) is 12.1 Å². The van der Waals surface area contributed by atoms with Crippen LogP contribution in [0, 0.1) is 6.92 Å². The Labute approximate surface area is 123 Å². The first-order valence-corrected chi connectivity index (χ1v) is 6.89. The third kappa shape index (κ3) is 3.59. The number of benzene rings is 1. The maximum Gasteiger partial charge on any atom is 0.305 e. The summed E-state index contributed by atoms with van der Waals surface area (Å²) in [5.41, 5.74) is 6.77. The molecule has 1 saturated heterocycles. The highest BCUT2D eigenvalue weighted by atomic mass is 16.5. The molecule has 1 heterocycles. The number of anilines is 1. The maximum absolute atomic E-state index is 12.7. The molecule has 2 rings (SSSR count). The Morgan fingerprint density at radius 2 is 2.05 bits per heavy atom. The van der Waals surface area contributed by atoms with Crippen molar-refractivity contribution in [2.24, 2.45) is 5.73 Å². The topological polar surface area (TPSA) is 92.9 Å². The summed E-state index contributed by atoms with van der Waals surface area (Å²) in [5.74, 6) is -1.24. The SMILES string of the molecule is Cc1ccc(N(CCC(=O)O)C(=O)C2(N)CCOC2)cc1. The van der Waals surface area contributed by atoms with Crippen LogP contribution in [0.15, 0.2) is 24.3 Å². The molecular weight excluding hydrogens is 272 g/mol. The van der Waals surface area contributed by atoms with Gasteiger partial charge in [0.05, 0.1) is 13.0 Å². The van der Waals surface area contributed by atoms with Crippen molar-refractivity contribution in [2.45, 2.75) is 25.3 Å². The molecule has 1 atom stereocenters. The van der Waals surface area contributed by atoms with Crippen LogP contribution in [0.2, 0.25) is 0 Å². The Kier molecular flexibility index (Phi) is 4.59. The fourth-order valence-corrected chi connectivity index (χ4v) is 2.30. The van der Waals surface area contributed by atoms with Crippen LogP contribution in [0.1, 0.15) is 18.4 Å². The minimum Gasteiger partial charge on any atom is -0.481 e. The smallest absolute Gasteiger partial charge is 0.305 e. The van der Waals surface area contributed by atoms with E-state index >= 15 is 0 Å². The average molecular weight is 292 g/mol. The van der Waals surface area contributed by atoms with Crippen LogP contribution >= 0.6 is 0 Å². The third-order valence-electron chi connectivity index (χ3n) is 3.62. The number of ether oxygens (including phenoxy) is 1. The first kappa shape index (κ1) is 15.5. The van der Waals surface area contributed by atoms with Gasteiger partial charge in [-0.1, -0.05) is 17.7 Å². The summed E-state index contributed by atoms with van der Waals surface area (Å²) < 4.78 is 5.22. The molecule has 0 spiro atoms. The standard InChI is InChI=1S/C15H20N2O4/c1-11-2-4-12(5-3-11)17(8-6-13(18)19)14(20)15(16)7-9-21-10-15/h2-5H,6-10,16H2,1H3,(H,18,19). The average Bonchev–Trinajstić information content (AvgIpc) is 2.88. The second-order valence-corrected chi connectivity index (χ2v) is 5.39. The van der Waals surface area contributed by atoms with Crippen LogP contribution in [0.25, 0.3) is 0 Å². The summed E-state index contributed by atoms with van der Waals surface area (Å²) in [6.45, 7) is 2.66. The van der Waals surface area contributed by atoms with E-state index in [4.69, 9.17) is 15.6 Å². The second-order valence-electron chi connectivity index (χ2n) is 5.39. The molecule has 1 aliphatic rings. The van der Waals surface area contributed by atoms with Gasteiger partial charge in [-0.15, -0.1) is 0 Å². The normalized spacial score (nSPS) is 21.2. The largest absolute Gasteiger partial charge is 0.481 e. The monoisotopic (exact) mass is 292 g/mol. The molecule has 1 aromatic carbocycles. The lowest BCUT2D eigenvalue weighted by Crippen LogP contribution is -2.56. The number of nitrogens with two attached hydrogens (primary N) is 1. The van der Waals surface area contributed by atoms with Crippen LogP contribution in [0.5, 0.6) is 0 Å². The minimum absolute atomic E-state index is 0.0934. The number of carboxylic acid groups (broad SMARTS) is 1. The van der Waals surface area contributed by atoms with E-state index in [0.29, 0.717) is 18.7 Å². The quantitative estimate of drug-likeness (QED) is 0.842. The zero-order chi connectivity index (χ0) is 15.5. The minimum atomic E-state index is -1.07. The molecule has 0 aliphatic carbocycles. The van der Waals surface area contributed by atoms with Crippen molar-refractivity contribution >= 4 is 17.6 Å². The summed E-state index contributed by atoms with van der Waals surface area (Å²) in [4.78, 5) is 25.0. The molecule has 6 nitrogen and oxygen atoms in total. The first-order chi connectivity index (χ1) is 9.92. The fourth-order valence-electron chi connectivity index (χ4n) is 2.30. The molecule has 114 valence electrons. The van der Waals surface area contributed by atoms with Gasteiger partial charge in [-0.05, 0) is 25.5 Å². The number of aryl methyl sites for hydroxylation is 1. The number of aliphatic carboxylic acids is 1. The number of rotatable bonds is 5. The van der Waals surface area contributed by atoms with Crippen molar-refractivity contribution in [2.75, 3.05) is 24.7 Å². The first-order valence-electron chi connectivity index (χ1n) is 6.89. The molecule has 6 heteroatoms. The Bertz CT molecular complexity index is 521. The number of hydrogen-bond acceptors (Lipinski definition) is 4. The Morgan fingerprint density at radius 1 is 1.38 bits per heavy atom. The molecule has 0 bridgehead atoms. The fraction of sp³-hybridized carbons (Fsp3) is 0.467. The molecular formula is C15H20N2O4. The number of hydrogen-bond donors (Lipinski definition) is 2. The van der Waals surface area contributed by atoms with E-state index in [0.717, 1.165) is 5.56 Å². The van der Waals surface area contributed by atoms with Gasteiger partial charge in [0.2, 0.25) is 5.91 Å². The van der Waals surface area contributed by atoms with E-state index in [9.17, 15) is 9.59 Å². The third-order valence-corrected chi connectivity index (χ3v) is 3.62. The lowest BCUT2D eigenvalue weighted by atomic mass is 9.97. The van der Waals surface area contributed by atoms with Gasteiger partial charge >= 0.3 is 5.97 Å². The summed E-state index contributed by atoms with van der Waals surface area (Å²) in [5, 5.41) is 8.87. The van der Waals surface area contributed by atoms with E-state index in [2.05, 4.69) is 0 Å². The number of carboxylic acids is 1. The molecule has 1 aliphatic heterocycles. The van der Waals surface area contributed by atoms with Crippen LogP contribution in [0.3, 0.4) is 0 Å². The van der Waals surface area contributed by atoms with Crippen molar-refractivity contribution < 1.29 is 19.4 Å². The maximum atomic E-state index is 12.7. The van der Waals surface area contributed by atoms with Crippen molar-refractivity contribution in [1.29, 1.82) is 0 Å². The van der Waals surface area contributed by atoms with Gasteiger partial charge in [-0.2, -0.15) is 0 Å². The molecule has 0 saturated carbocycles. The highest BCUT2D eigenvalue weighted by Crippen LogP contribution is 2.23. The van der Waals surface area contributed by atoms with E-state index in [-0.39, 0.29) is 25.5 Å². The molecule has 0 aromatic heterocycles. The number of nitrogens with zero attached hydrogens (tertiary/aromatic N) is 1. The summed E-state index contributed by atoms with van der Waals surface area (Å²) in [7, 11) is 0. The molecule has 3 N–H and O–H groups in total. The lowest BCUT2D eigenvalue weighted by Gasteiger charge is -2.30. The van der Waals surface area contributed by atoms with Crippen molar-refractivity contribution in [3.8, 4) is 0 Å². The van der Waals surface area contributed by atoms with Gasteiger partial charge in [0.15, 0.2) is 0 Å². The summed E-state index contributed by atoms with van der Waals surface area (Å²) in [6, 6.07) is 7.36. The van der Waals surface area contributed by atoms with Gasteiger partial charge < -0.3 is 20.5 Å². The van der Waals surface area contributed by atoms with Gasteiger partial charge in [0.1, 0.15) is 5.54 Å². The predicted octanol–water partition coefficient (Wildman–Crippen LogP) is 0.921. The molecule has 0 radical (unpaired) electrons. The number of carbonyl (C=O) groups is 2. The lowest BCUT2D eigenvalue weighted by molar-refractivity contribution is -0.136. The van der Waals surface area contributed by atoms with Gasteiger partial charge in [0.25, 0.3) is 0 Å². The van der Waals surface area contributed by atoms with Crippen molar-refractivity contribution in [3.05, 3.63) is 29.8 Å². The zero-order valence-electron chi connectivity index (χ0n) is 12.0. The van der Waals surface area contributed by atoms with Gasteiger partial charge in [0, 0.05) is 18.8 Å². The number of carbonyl (C=O) groups excluding carboxylic acids is 1. The van der Waals surface area contributed by atoms with Gasteiger partial charge in [-0.3, -0.25) is 9.59 Å². The van der Waals surface area contributed by atoms with Crippen LogP contribution < -0.4 is 10.6 Å². The molecule has 1 fully saturated rings. The van der Waals surface area contributed by atoms with Crippen LogP contribution in [-0.2, 0) is 14.3 Å². The van der Waals surface area contributed by atoms with Crippen LogP contribution in [-0.4, -0.2) is 42.3 Å². The Hall–Kier alpha value is -1.92. The summed E-state index contributed by atoms with van der Waals surface area (Å²) >= 11 is 0. The van der Waals surface area contributed by atoms with Gasteiger partial charge in [-0.25, -0.2) is 0 Å². The van der Waals surface area contributed by atoms with Crippen LogP contribution in [0.4, 0.5) is 5.69 Å². The Balaban J connectivity index is 2.24. The number of amides is 1. The highest BCUT2D eigenvalue weighted by molar-refractivity contribution is 6.00. The predicted molar refractivity (Wildman–Crippen MR) is 78.1 cm³/mol.